The summed E-state index contributed by atoms with van der Waals surface area (Å²) in [6.07, 6.45) is 0.802. The molecule has 9 nitrogen and oxygen atoms in total. The molecule has 39 heavy (non-hydrogen) atoms. The maximum Gasteiger partial charge on any atom is 0.323 e. The maximum atomic E-state index is 12.7. The Labute approximate surface area is 233 Å². The zero-order valence-electron chi connectivity index (χ0n) is 25.0. The Morgan fingerprint density at radius 2 is 1.28 bits per heavy atom. The SMILES string of the molecule is CCC(C)CC(=O)Oc1ccc(C[C@H](N)C(=O)O[C@@H](C)C(C)OC(=O)C(C)(C)C)cc1OC(=O)CC(C)CC. The van der Waals surface area contributed by atoms with Gasteiger partial charge in [0.15, 0.2) is 11.5 Å². The van der Waals surface area contributed by atoms with Gasteiger partial charge in [0.2, 0.25) is 0 Å². The molecule has 0 saturated carbocycles. The molecule has 0 fully saturated rings. The van der Waals surface area contributed by atoms with Crippen molar-refractivity contribution in [2.75, 3.05) is 0 Å². The van der Waals surface area contributed by atoms with Gasteiger partial charge < -0.3 is 24.7 Å². The topological polar surface area (TPSA) is 131 Å². The number of ether oxygens (including phenoxy) is 4. The Morgan fingerprint density at radius 1 is 0.795 bits per heavy atom. The molecule has 5 atom stereocenters. The molecule has 0 saturated heterocycles. The fourth-order valence-corrected chi connectivity index (χ4v) is 3.17. The number of nitrogens with two attached hydrogens (primary N) is 1. The summed E-state index contributed by atoms with van der Waals surface area (Å²) in [6, 6.07) is 3.71. The van der Waals surface area contributed by atoms with Crippen molar-refractivity contribution in [3.05, 3.63) is 23.8 Å². The molecule has 0 aliphatic carbocycles. The fourth-order valence-electron chi connectivity index (χ4n) is 3.17. The van der Waals surface area contributed by atoms with Gasteiger partial charge in [-0.3, -0.25) is 19.2 Å². The van der Waals surface area contributed by atoms with E-state index in [0.717, 1.165) is 12.8 Å². The minimum Gasteiger partial charge on any atom is -0.458 e. The molecule has 9 heteroatoms. The number of rotatable bonds is 14. The maximum absolute atomic E-state index is 12.7. The van der Waals surface area contributed by atoms with Gasteiger partial charge in [-0.2, -0.15) is 0 Å². The Balaban J connectivity index is 2.98. The zero-order valence-corrected chi connectivity index (χ0v) is 25.0. The van der Waals surface area contributed by atoms with Crippen molar-refractivity contribution in [2.45, 2.75) is 113 Å². The molecule has 0 radical (unpaired) electrons. The summed E-state index contributed by atoms with van der Waals surface area (Å²) in [6.45, 7) is 16.4. The third kappa shape index (κ3) is 12.2. The summed E-state index contributed by atoms with van der Waals surface area (Å²) in [5.41, 5.74) is 6.03. The molecular formula is C30H47NO8. The van der Waals surface area contributed by atoms with Crippen LogP contribution in [0.1, 0.15) is 93.6 Å². The molecule has 220 valence electrons. The molecule has 1 rings (SSSR count). The number of benzene rings is 1. The molecular weight excluding hydrogens is 502 g/mol. The normalized spacial score (nSPS) is 15.3. The first-order valence-corrected chi connectivity index (χ1v) is 13.8. The van der Waals surface area contributed by atoms with Gasteiger partial charge in [0, 0.05) is 12.8 Å². The van der Waals surface area contributed by atoms with Crippen LogP contribution in [0.5, 0.6) is 11.5 Å². The molecule has 0 bridgehead atoms. The highest BCUT2D eigenvalue weighted by Crippen LogP contribution is 2.31. The van der Waals surface area contributed by atoms with E-state index in [1.54, 1.807) is 46.8 Å². The molecule has 0 amide bonds. The van der Waals surface area contributed by atoms with Crippen LogP contribution in [0, 0.1) is 17.3 Å². The standard InChI is InChI=1S/C30H47NO8/c1-10-18(3)14-26(32)38-24-13-12-22(17-25(24)39-27(33)15-19(4)11-2)16-23(31)28(34)36-20(5)21(6)37-29(35)30(7,8)9/h12-13,17-21,23H,10-11,14-16,31H2,1-9H3/t18?,19?,20-,21?,23-/m0/s1. The predicted octanol–water partition coefficient (Wildman–Crippen LogP) is 5.15. The first kappa shape index (κ1) is 34.1. The third-order valence-corrected chi connectivity index (χ3v) is 6.51. The van der Waals surface area contributed by atoms with Crippen LogP contribution in [0.2, 0.25) is 0 Å². The lowest BCUT2D eigenvalue weighted by Crippen LogP contribution is -2.40. The van der Waals surface area contributed by atoms with Gasteiger partial charge in [-0.1, -0.05) is 46.6 Å². The first-order valence-electron chi connectivity index (χ1n) is 13.8. The summed E-state index contributed by atoms with van der Waals surface area (Å²) in [4.78, 5) is 49.7. The quantitative estimate of drug-likeness (QED) is 0.247. The lowest BCUT2D eigenvalue weighted by atomic mass is 9.97. The lowest BCUT2D eigenvalue weighted by Gasteiger charge is -2.25. The molecule has 0 aromatic heterocycles. The number of carbonyl (C=O) groups excluding carboxylic acids is 4. The number of hydrogen-bond acceptors (Lipinski definition) is 9. The summed E-state index contributed by atoms with van der Waals surface area (Å²) < 4.78 is 21.9. The Bertz CT molecular complexity index is 984. The van der Waals surface area contributed by atoms with Gasteiger partial charge in [-0.25, -0.2) is 0 Å². The summed E-state index contributed by atoms with van der Waals surface area (Å²) in [5, 5.41) is 0. The summed E-state index contributed by atoms with van der Waals surface area (Å²) in [5.74, 6) is -1.43. The predicted molar refractivity (Wildman–Crippen MR) is 148 cm³/mol. The van der Waals surface area contributed by atoms with Crippen LogP contribution in [-0.4, -0.2) is 42.1 Å². The second-order valence-electron chi connectivity index (χ2n) is 11.5. The van der Waals surface area contributed by atoms with Crippen LogP contribution in [0.25, 0.3) is 0 Å². The third-order valence-electron chi connectivity index (χ3n) is 6.51. The molecule has 2 N–H and O–H groups in total. The van der Waals surface area contributed by atoms with Crippen LogP contribution in [-0.2, 0) is 35.1 Å². The largest absolute Gasteiger partial charge is 0.458 e. The van der Waals surface area contributed by atoms with Crippen LogP contribution in [0.4, 0.5) is 0 Å². The molecule has 1 aromatic carbocycles. The number of esters is 4. The average Bonchev–Trinajstić information content (AvgIpc) is 2.84. The Kier molecular flexibility index (Phi) is 13.6. The zero-order chi connectivity index (χ0) is 29.9. The first-order chi connectivity index (χ1) is 18.1. The van der Waals surface area contributed by atoms with Gasteiger partial charge >= 0.3 is 23.9 Å². The lowest BCUT2D eigenvalue weighted by molar-refractivity contribution is -0.171. The van der Waals surface area contributed by atoms with E-state index in [1.807, 2.05) is 27.7 Å². The van der Waals surface area contributed by atoms with E-state index in [2.05, 4.69) is 0 Å². The molecule has 3 unspecified atom stereocenters. The van der Waals surface area contributed by atoms with Crippen molar-refractivity contribution in [3.8, 4) is 11.5 Å². The summed E-state index contributed by atoms with van der Waals surface area (Å²) in [7, 11) is 0. The van der Waals surface area contributed by atoms with Crippen molar-refractivity contribution in [1.29, 1.82) is 0 Å². The monoisotopic (exact) mass is 549 g/mol. The Morgan fingerprint density at radius 3 is 1.77 bits per heavy atom. The van der Waals surface area contributed by atoms with Crippen molar-refractivity contribution >= 4 is 23.9 Å². The van der Waals surface area contributed by atoms with E-state index < -0.39 is 47.5 Å². The minimum absolute atomic E-state index is 0.0821. The van der Waals surface area contributed by atoms with Crippen LogP contribution >= 0.6 is 0 Å². The van der Waals surface area contributed by atoms with Gasteiger partial charge in [-0.05, 0) is 70.6 Å². The summed E-state index contributed by atoms with van der Waals surface area (Å²) >= 11 is 0. The van der Waals surface area contributed by atoms with Crippen molar-refractivity contribution in [1.82, 2.24) is 0 Å². The second-order valence-corrected chi connectivity index (χ2v) is 11.5. The smallest absolute Gasteiger partial charge is 0.323 e. The van der Waals surface area contributed by atoms with Crippen LogP contribution in [0.15, 0.2) is 18.2 Å². The van der Waals surface area contributed by atoms with E-state index in [9.17, 15) is 19.2 Å². The number of hydrogen-bond donors (Lipinski definition) is 1. The van der Waals surface area contributed by atoms with Gasteiger partial charge in [-0.15, -0.1) is 0 Å². The van der Waals surface area contributed by atoms with Crippen molar-refractivity contribution < 1.29 is 38.1 Å². The van der Waals surface area contributed by atoms with Crippen molar-refractivity contribution in [3.63, 3.8) is 0 Å². The highest BCUT2D eigenvalue weighted by atomic mass is 16.6. The highest BCUT2D eigenvalue weighted by molar-refractivity contribution is 5.78. The van der Waals surface area contributed by atoms with Gasteiger partial charge in [0.05, 0.1) is 5.41 Å². The van der Waals surface area contributed by atoms with Crippen LogP contribution < -0.4 is 15.2 Å². The van der Waals surface area contributed by atoms with Gasteiger partial charge in [0.25, 0.3) is 0 Å². The molecule has 1 aromatic rings. The van der Waals surface area contributed by atoms with E-state index >= 15 is 0 Å². The van der Waals surface area contributed by atoms with E-state index in [1.165, 1.54) is 6.07 Å². The molecule has 0 aliphatic heterocycles. The van der Waals surface area contributed by atoms with Crippen molar-refractivity contribution in [2.24, 2.45) is 23.0 Å². The highest BCUT2D eigenvalue weighted by Gasteiger charge is 2.29. The fraction of sp³-hybridized carbons (Fsp3) is 0.667. The van der Waals surface area contributed by atoms with Gasteiger partial charge in [0.1, 0.15) is 18.2 Å². The average molecular weight is 550 g/mol. The number of carbonyl (C=O) groups is 4. The van der Waals surface area contributed by atoms with E-state index in [-0.39, 0.29) is 42.6 Å². The second kappa shape index (κ2) is 15.6. The van der Waals surface area contributed by atoms with E-state index in [4.69, 9.17) is 24.7 Å². The molecule has 0 aliphatic rings. The molecule has 0 heterocycles. The minimum atomic E-state index is -1.03. The van der Waals surface area contributed by atoms with Crippen LogP contribution in [0.3, 0.4) is 0 Å². The molecule has 0 spiro atoms. The Hall–Kier alpha value is -2.94. The van der Waals surface area contributed by atoms with E-state index in [0.29, 0.717) is 5.56 Å².